The third kappa shape index (κ3) is 5.88. The van der Waals surface area contributed by atoms with Gasteiger partial charge in [-0.1, -0.05) is 24.3 Å². The fourth-order valence-electron chi connectivity index (χ4n) is 2.95. The first-order valence-corrected chi connectivity index (χ1v) is 11.1. The zero-order chi connectivity index (χ0) is 23.5. The molecule has 0 atom stereocenters. The SMILES string of the molecule is Cc1ccc(NC(=O)Cc2ccc(NS(=O)(=O)c3cccc(C(F)(F)F)c3)cc2)cc1C. The summed E-state index contributed by atoms with van der Waals surface area (Å²) in [7, 11) is -4.21. The number of carbonyl (C=O) groups excluding carboxylic acids is 1. The number of anilines is 2. The molecule has 1 amide bonds. The second kappa shape index (κ2) is 9.04. The van der Waals surface area contributed by atoms with Gasteiger partial charge in [0, 0.05) is 11.4 Å². The maximum atomic E-state index is 12.9. The molecule has 0 radical (unpaired) electrons. The summed E-state index contributed by atoms with van der Waals surface area (Å²) >= 11 is 0. The van der Waals surface area contributed by atoms with E-state index in [0.29, 0.717) is 17.3 Å². The highest BCUT2D eigenvalue weighted by Crippen LogP contribution is 2.31. The fraction of sp³-hybridized carbons (Fsp3) is 0.174. The zero-order valence-corrected chi connectivity index (χ0v) is 18.1. The van der Waals surface area contributed by atoms with Crippen LogP contribution >= 0.6 is 0 Å². The lowest BCUT2D eigenvalue weighted by Crippen LogP contribution is -2.15. The van der Waals surface area contributed by atoms with E-state index in [1.807, 2.05) is 32.0 Å². The first-order valence-electron chi connectivity index (χ1n) is 9.60. The van der Waals surface area contributed by atoms with Crippen molar-refractivity contribution in [3.63, 3.8) is 0 Å². The van der Waals surface area contributed by atoms with Crippen LogP contribution in [-0.2, 0) is 27.4 Å². The third-order valence-corrected chi connectivity index (χ3v) is 6.21. The van der Waals surface area contributed by atoms with Crippen molar-refractivity contribution in [2.24, 2.45) is 0 Å². The van der Waals surface area contributed by atoms with E-state index in [0.717, 1.165) is 29.3 Å². The predicted molar refractivity (Wildman–Crippen MR) is 117 cm³/mol. The normalized spacial score (nSPS) is 11.8. The van der Waals surface area contributed by atoms with Crippen LogP contribution in [0.2, 0.25) is 0 Å². The Bertz CT molecular complexity index is 1240. The largest absolute Gasteiger partial charge is 0.416 e. The van der Waals surface area contributed by atoms with Gasteiger partial charge in [-0.2, -0.15) is 13.2 Å². The quantitative estimate of drug-likeness (QED) is 0.522. The monoisotopic (exact) mass is 462 g/mol. The Labute approximate surface area is 184 Å². The Balaban J connectivity index is 1.66. The summed E-state index contributed by atoms with van der Waals surface area (Å²) in [4.78, 5) is 11.8. The molecule has 0 bridgehead atoms. The lowest BCUT2D eigenvalue weighted by molar-refractivity contribution is -0.137. The van der Waals surface area contributed by atoms with Gasteiger partial charge in [-0.25, -0.2) is 8.42 Å². The van der Waals surface area contributed by atoms with Gasteiger partial charge in [0.15, 0.2) is 0 Å². The number of alkyl halides is 3. The Hall–Kier alpha value is -3.33. The number of nitrogens with one attached hydrogen (secondary N) is 2. The van der Waals surface area contributed by atoms with Crippen molar-refractivity contribution in [2.45, 2.75) is 31.3 Å². The van der Waals surface area contributed by atoms with Gasteiger partial charge in [0.05, 0.1) is 16.9 Å². The number of hydrogen-bond donors (Lipinski definition) is 2. The second-order valence-electron chi connectivity index (χ2n) is 7.35. The summed E-state index contributed by atoms with van der Waals surface area (Å²) in [6.45, 7) is 3.92. The average molecular weight is 462 g/mol. The molecule has 0 heterocycles. The van der Waals surface area contributed by atoms with Crippen molar-refractivity contribution in [1.82, 2.24) is 0 Å². The van der Waals surface area contributed by atoms with E-state index >= 15 is 0 Å². The lowest BCUT2D eigenvalue weighted by atomic mass is 10.1. The molecule has 2 N–H and O–H groups in total. The minimum atomic E-state index is -4.65. The van der Waals surface area contributed by atoms with E-state index in [-0.39, 0.29) is 18.0 Å². The van der Waals surface area contributed by atoms with E-state index < -0.39 is 26.7 Å². The highest BCUT2D eigenvalue weighted by atomic mass is 32.2. The van der Waals surface area contributed by atoms with E-state index in [1.54, 1.807) is 12.1 Å². The molecule has 0 aliphatic carbocycles. The minimum Gasteiger partial charge on any atom is -0.326 e. The molecule has 0 aliphatic heterocycles. The van der Waals surface area contributed by atoms with E-state index in [4.69, 9.17) is 0 Å². The highest BCUT2D eigenvalue weighted by molar-refractivity contribution is 7.92. The molecule has 0 aromatic heterocycles. The van der Waals surface area contributed by atoms with Gasteiger partial charge in [0.2, 0.25) is 5.91 Å². The topological polar surface area (TPSA) is 75.3 Å². The van der Waals surface area contributed by atoms with Gasteiger partial charge in [-0.3, -0.25) is 9.52 Å². The molecule has 0 aliphatic rings. The summed E-state index contributed by atoms with van der Waals surface area (Å²) in [5.74, 6) is -0.231. The van der Waals surface area contributed by atoms with Crippen molar-refractivity contribution in [2.75, 3.05) is 10.0 Å². The average Bonchev–Trinajstić information content (AvgIpc) is 2.71. The van der Waals surface area contributed by atoms with Gasteiger partial charge in [-0.15, -0.1) is 0 Å². The number of carbonyl (C=O) groups is 1. The standard InChI is InChI=1S/C23H21F3N2O3S/c1-15-6-9-20(12-16(15)2)27-22(29)13-17-7-10-19(11-8-17)28-32(30,31)21-5-3-4-18(14-21)23(24,25)26/h3-12,14,28H,13H2,1-2H3,(H,27,29). The van der Waals surface area contributed by atoms with Crippen LogP contribution in [0.1, 0.15) is 22.3 Å². The molecule has 32 heavy (non-hydrogen) atoms. The molecule has 0 unspecified atom stereocenters. The maximum Gasteiger partial charge on any atom is 0.416 e. The minimum absolute atomic E-state index is 0.0770. The molecule has 0 spiro atoms. The number of aryl methyl sites for hydroxylation is 2. The van der Waals surface area contributed by atoms with Crippen LogP contribution in [0, 0.1) is 13.8 Å². The molecule has 0 fully saturated rings. The maximum absolute atomic E-state index is 12.9. The van der Waals surface area contributed by atoms with Crippen LogP contribution in [0.15, 0.2) is 71.6 Å². The fourth-order valence-corrected chi connectivity index (χ4v) is 4.06. The highest BCUT2D eigenvalue weighted by Gasteiger charge is 2.31. The molecule has 0 saturated heterocycles. The number of amides is 1. The molecule has 3 aromatic rings. The number of rotatable bonds is 6. The van der Waals surface area contributed by atoms with Gasteiger partial charge >= 0.3 is 6.18 Å². The lowest BCUT2D eigenvalue weighted by Gasteiger charge is -2.12. The van der Waals surface area contributed by atoms with Crippen molar-refractivity contribution in [3.05, 3.63) is 89.0 Å². The summed E-state index contributed by atoms with van der Waals surface area (Å²) < 4.78 is 65.7. The first-order chi connectivity index (χ1) is 14.9. The number of sulfonamides is 1. The van der Waals surface area contributed by atoms with Crippen molar-refractivity contribution < 1.29 is 26.4 Å². The van der Waals surface area contributed by atoms with Gasteiger partial charge in [-0.05, 0) is 73.0 Å². The Kier molecular flexibility index (Phi) is 6.59. The Morgan fingerprint density at radius 3 is 2.16 bits per heavy atom. The molecule has 5 nitrogen and oxygen atoms in total. The van der Waals surface area contributed by atoms with Gasteiger partial charge in [0.1, 0.15) is 0 Å². The van der Waals surface area contributed by atoms with Crippen LogP contribution in [0.5, 0.6) is 0 Å². The zero-order valence-electron chi connectivity index (χ0n) is 17.3. The smallest absolute Gasteiger partial charge is 0.326 e. The number of halogens is 3. The summed E-state index contributed by atoms with van der Waals surface area (Å²) in [6, 6.07) is 15.1. The summed E-state index contributed by atoms with van der Waals surface area (Å²) in [6.07, 6.45) is -4.57. The van der Waals surface area contributed by atoms with E-state index in [2.05, 4.69) is 10.0 Å². The van der Waals surface area contributed by atoms with Crippen LogP contribution in [0.25, 0.3) is 0 Å². The van der Waals surface area contributed by atoms with Crippen LogP contribution < -0.4 is 10.0 Å². The Morgan fingerprint density at radius 2 is 1.53 bits per heavy atom. The molecule has 9 heteroatoms. The number of hydrogen-bond acceptors (Lipinski definition) is 3. The van der Waals surface area contributed by atoms with Crippen molar-refractivity contribution in [3.8, 4) is 0 Å². The van der Waals surface area contributed by atoms with Gasteiger partial charge < -0.3 is 5.32 Å². The van der Waals surface area contributed by atoms with Crippen molar-refractivity contribution in [1.29, 1.82) is 0 Å². The summed E-state index contributed by atoms with van der Waals surface area (Å²) in [5, 5.41) is 2.81. The van der Waals surface area contributed by atoms with E-state index in [1.165, 1.54) is 12.1 Å². The molecule has 0 saturated carbocycles. The number of benzene rings is 3. The predicted octanol–water partition coefficient (Wildman–Crippen LogP) is 5.30. The summed E-state index contributed by atoms with van der Waals surface area (Å²) in [5.41, 5.74) is 2.62. The molecule has 168 valence electrons. The van der Waals surface area contributed by atoms with Crippen molar-refractivity contribution >= 4 is 27.3 Å². The van der Waals surface area contributed by atoms with Crippen LogP contribution in [0.3, 0.4) is 0 Å². The molecule has 3 rings (SSSR count). The third-order valence-electron chi connectivity index (χ3n) is 4.83. The van der Waals surface area contributed by atoms with E-state index in [9.17, 15) is 26.4 Å². The molecule has 3 aromatic carbocycles. The van der Waals surface area contributed by atoms with Crippen LogP contribution in [-0.4, -0.2) is 14.3 Å². The second-order valence-corrected chi connectivity index (χ2v) is 9.03. The Morgan fingerprint density at radius 1 is 0.875 bits per heavy atom. The van der Waals surface area contributed by atoms with Crippen LogP contribution in [0.4, 0.5) is 24.5 Å². The first kappa shape index (κ1) is 23.3. The van der Waals surface area contributed by atoms with Gasteiger partial charge in [0.25, 0.3) is 10.0 Å². The molecular weight excluding hydrogens is 441 g/mol. The molecular formula is C23H21F3N2O3S.